The molecule has 2 atom stereocenters. The fourth-order valence-corrected chi connectivity index (χ4v) is 4.81. The van der Waals surface area contributed by atoms with Gasteiger partial charge in [0.2, 0.25) is 0 Å². The predicted octanol–water partition coefficient (Wildman–Crippen LogP) is 3.41. The van der Waals surface area contributed by atoms with Gasteiger partial charge in [0, 0.05) is 31.1 Å². The summed E-state index contributed by atoms with van der Waals surface area (Å²) in [6, 6.07) is 0.780. The molecular weight excluding hydrogens is 278 g/mol. The lowest BCUT2D eigenvalue weighted by Gasteiger charge is -2.41. The summed E-state index contributed by atoms with van der Waals surface area (Å²) in [4.78, 5) is 7.47. The van der Waals surface area contributed by atoms with Gasteiger partial charge in [-0.2, -0.15) is 0 Å². The topological polar surface area (TPSA) is 28.2 Å². The second kappa shape index (κ2) is 6.35. The summed E-state index contributed by atoms with van der Waals surface area (Å²) in [6.45, 7) is 4.65. The van der Waals surface area contributed by atoms with E-state index in [1.54, 1.807) is 0 Å². The van der Waals surface area contributed by atoms with Crippen LogP contribution in [0.3, 0.4) is 0 Å². The number of aromatic nitrogens is 1. The monoisotopic (exact) mass is 305 g/mol. The SMILES string of the molecule is c1sc(CNC2CC2)nc1CN1CCC2CCCCC2C1. The van der Waals surface area contributed by atoms with Crippen molar-refractivity contribution in [3.8, 4) is 0 Å². The summed E-state index contributed by atoms with van der Waals surface area (Å²) < 4.78 is 0. The maximum Gasteiger partial charge on any atom is 0.107 e. The Balaban J connectivity index is 1.29. The summed E-state index contributed by atoms with van der Waals surface area (Å²) in [5.74, 6) is 2.01. The predicted molar refractivity (Wildman–Crippen MR) is 87.3 cm³/mol. The summed E-state index contributed by atoms with van der Waals surface area (Å²) in [6.07, 6.45) is 10.0. The average molecular weight is 305 g/mol. The van der Waals surface area contributed by atoms with E-state index >= 15 is 0 Å². The molecule has 1 aromatic rings. The van der Waals surface area contributed by atoms with E-state index in [1.807, 2.05) is 11.3 Å². The van der Waals surface area contributed by atoms with Gasteiger partial charge in [-0.15, -0.1) is 11.3 Å². The van der Waals surface area contributed by atoms with E-state index in [-0.39, 0.29) is 0 Å². The van der Waals surface area contributed by atoms with Crippen molar-refractivity contribution in [3.63, 3.8) is 0 Å². The number of nitrogens with zero attached hydrogens (tertiary/aromatic N) is 2. The zero-order valence-electron chi connectivity index (χ0n) is 12.9. The molecule has 2 aliphatic carbocycles. The molecule has 2 saturated carbocycles. The summed E-state index contributed by atoms with van der Waals surface area (Å²) in [5.41, 5.74) is 1.29. The normalized spacial score (nSPS) is 30.3. The highest BCUT2D eigenvalue weighted by molar-refractivity contribution is 7.09. The van der Waals surface area contributed by atoms with Crippen molar-refractivity contribution in [2.75, 3.05) is 13.1 Å². The first-order valence-corrected chi connectivity index (χ1v) is 9.64. The Kier molecular flexibility index (Phi) is 4.28. The Morgan fingerprint density at radius 2 is 2.00 bits per heavy atom. The van der Waals surface area contributed by atoms with Crippen LogP contribution in [0.1, 0.15) is 55.6 Å². The number of hydrogen-bond acceptors (Lipinski definition) is 4. The molecule has 3 fully saturated rings. The molecule has 0 radical (unpaired) electrons. The number of nitrogens with one attached hydrogen (secondary N) is 1. The molecule has 1 aromatic heterocycles. The Labute approximate surface area is 132 Å². The van der Waals surface area contributed by atoms with Gasteiger partial charge in [-0.05, 0) is 44.1 Å². The zero-order chi connectivity index (χ0) is 14.1. The van der Waals surface area contributed by atoms with Gasteiger partial charge >= 0.3 is 0 Å². The van der Waals surface area contributed by atoms with Crippen LogP contribution in [0.25, 0.3) is 0 Å². The van der Waals surface area contributed by atoms with Gasteiger partial charge in [-0.1, -0.05) is 19.3 Å². The first-order valence-electron chi connectivity index (χ1n) is 8.76. The number of hydrogen-bond donors (Lipinski definition) is 1. The van der Waals surface area contributed by atoms with Crippen LogP contribution in [0.4, 0.5) is 0 Å². The smallest absolute Gasteiger partial charge is 0.107 e. The average Bonchev–Trinajstić information content (AvgIpc) is 3.25. The third-order valence-corrected chi connectivity index (χ3v) is 6.38. The fraction of sp³-hybridized carbons (Fsp3) is 0.824. The van der Waals surface area contributed by atoms with Crippen LogP contribution in [0.2, 0.25) is 0 Å². The lowest BCUT2D eigenvalue weighted by molar-refractivity contribution is 0.0813. The van der Waals surface area contributed by atoms with E-state index in [1.165, 1.54) is 68.7 Å². The molecule has 116 valence electrons. The van der Waals surface area contributed by atoms with Crippen molar-refractivity contribution in [2.45, 2.75) is 64.1 Å². The zero-order valence-corrected chi connectivity index (χ0v) is 13.7. The molecule has 2 unspecified atom stereocenters. The summed E-state index contributed by atoms with van der Waals surface area (Å²) in [5, 5.41) is 7.10. The number of rotatable bonds is 5. The van der Waals surface area contributed by atoms with Crippen molar-refractivity contribution in [2.24, 2.45) is 11.8 Å². The van der Waals surface area contributed by atoms with Crippen LogP contribution in [0.5, 0.6) is 0 Å². The van der Waals surface area contributed by atoms with Gasteiger partial charge in [0.25, 0.3) is 0 Å². The van der Waals surface area contributed by atoms with Crippen molar-refractivity contribution in [3.05, 3.63) is 16.1 Å². The van der Waals surface area contributed by atoms with Crippen LogP contribution in [-0.4, -0.2) is 29.0 Å². The Morgan fingerprint density at radius 1 is 1.14 bits per heavy atom. The van der Waals surface area contributed by atoms with Crippen LogP contribution in [-0.2, 0) is 13.1 Å². The molecular formula is C17H27N3S. The molecule has 2 heterocycles. The standard InChI is InChI=1S/C17H27N3S/c1-2-4-14-10-20(8-7-13(14)3-1)11-16-12-21-17(19-16)9-18-15-5-6-15/h12-15,18H,1-11H2. The van der Waals surface area contributed by atoms with E-state index in [9.17, 15) is 0 Å². The summed E-state index contributed by atoms with van der Waals surface area (Å²) in [7, 11) is 0. The number of thiazole rings is 1. The molecule has 1 saturated heterocycles. The van der Waals surface area contributed by atoms with Crippen LogP contribution in [0.15, 0.2) is 5.38 Å². The first kappa shape index (κ1) is 14.2. The van der Waals surface area contributed by atoms with E-state index in [0.717, 1.165) is 31.0 Å². The Bertz CT molecular complexity index is 468. The molecule has 3 nitrogen and oxygen atoms in total. The molecule has 0 aromatic carbocycles. The lowest BCUT2D eigenvalue weighted by atomic mass is 9.75. The minimum atomic E-state index is 0.780. The van der Waals surface area contributed by atoms with Gasteiger partial charge in [-0.3, -0.25) is 4.90 Å². The molecule has 0 bridgehead atoms. The maximum absolute atomic E-state index is 4.82. The molecule has 4 heteroatoms. The van der Waals surface area contributed by atoms with Crippen molar-refractivity contribution in [1.82, 2.24) is 15.2 Å². The minimum Gasteiger partial charge on any atom is -0.308 e. The highest BCUT2D eigenvalue weighted by Crippen LogP contribution is 2.36. The summed E-state index contributed by atoms with van der Waals surface area (Å²) >= 11 is 1.83. The fourth-order valence-electron chi connectivity index (χ4n) is 4.07. The highest BCUT2D eigenvalue weighted by atomic mass is 32.1. The third-order valence-electron chi connectivity index (χ3n) is 5.48. The van der Waals surface area contributed by atoms with Gasteiger partial charge < -0.3 is 5.32 Å². The molecule has 0 spiro atoms. The van der Waals surface area contributed by atoms with Gasteiger partial charge in [0.1, 0.15) is 5.01 Å². The number of fused-ring (bicyclic) bond motifs is 1. The van der Waals surface area contributed by atoms with E-state index in [0.29, 0.717) is 0 Å². The Hall–Kier alpha value is -0.450. The van der Waals surface area contributed by atoms with E-state index in [4.69, 9.17) is 4.98 Å². The molecule has 3 aliphatic rings. The van der Waals surface area contributed by atoms with Crippen LogP contribution in [0, 0.1) is 11.8 Å². The third kappa shape index (κ3) is 3.66. The molecule has 21 heavy (non-hydrogen) atoms. The first-order chi connectivity index (χ1) is 10.4. The second-order valence-corrected chi connectivity index (χ2v) is 8.16. The van der Waals surface area contributed by atoms with Gasteiger partial charge in [0.05, 0.1) is 5.69 Å². The maximum atomic E-state index is 4.82. The van der Waals surface area contributed by atoms with Crippen LogP contribution >= 0.6 is 11.3 Å². The molecule has 0 amide bonds. The molecule has 4 rings (SSSR count). The van der Waals surface area contributed by atoms with Crippen molar-refractivity contribution in [1.29, 1.82) is 0 Å². The van der Waals surface area contributed by atoms with E-state index < -0.39 is 0 Å². The molecule has 1 aliphatic heterocycles. The quantitative estimate of drug-likeness (QED) is 0.903. The number of piperidine rings is 1. The lowest BCUT2D eigenvalue weighted by Crippen LogP contribution is -2.41. The molecule has 1 N–H and O–H groups in total. The van der Waals surface area contributed by atoms with Crippen molar-refractivity contribution < 1.29 is 0 Å². The van der Waals surface area contributed by atoms with Crippen LogP contribution < -0.4 is 5.32 Å². The van der Waals surface area contributed by atoms with Crippen molar-refractivity contribution >= 4 is 11.3 Å². The Morgan fingerprint density at radius 3 is 2.86 bits per heavy atom. The van der Waals surface area contributed by atoms with Gasteiger partial charge in [-0.25, -0.2) is 4.98 Å². The highest BCUT2D eigenvalue weighted by Gasteiger charge is 2.31. The number of likely N-dealkylation sites (tertiary alicyclic amines) is 1. The van der Waals surface area contributed by atoms with Gasteiger partial charge in [0.15, 0.2) is 0 Å². The minimum absolute atomic E-state index is 0.780. The second-order valence-electron chi connectivity index (χ2n) is 7.22. The largest absolute Gasteiger partial charge is 0.308 e. The van der Waals surface area contributed by atoms with E-state index in [2.05, 4.69) is 15.6 Å².